The van der Waals surface area contributed by atoms with Crippen LogP contribution in [-0.4, -0.2) is 32.9 Å². The number of nitrogens with zero attached hydrogens (tertiary/aromatic N) is 1. The summed E-state index contributed by atoms with van der Waals surface area (Å²) in [6.45, 7) is 10.5. The van der Waals surface area contributed by atoms with E-state index in [0.717, 1.165) is 24.3 Å². The molecule has 2 aromatic carbocycles. The molecule has 0 saturated carbocycles. The van der Waals surface area contributed by atoms with Crippen molar-refractivity contribution in [2.24, 2.45) is 11.3 Å². The van der Waals surface area contributed by atoms with Crippen molar-refractivity contribution in [3.63, 3.8) is 0 Å². The zero-order chi connectivity index (χ0) is 23.4. The largest absolute Gasteiger partial charge is 0.493 e. The van der Waals surface area contributed by atoms with Crippen LogP contribution in [0.15, 0.2) is 47.4 Å². The molecule has 0 heterocycles. The van der Waals surface area contributed by atoms with Crippen LogP contribution in [-0.2, 0) is 21.5 Å². The van der Waals surface area contributed by atoms with Crippen LogP contribution in [0.1, 0.15) is 40.2 Å². The Morgan fingerprint density at radius 2 is 1.68 bits per heavy atom. The number of carbonyl (C=O) groups excluding carboxylic acids is 1. The predicted molar refractivity (Wildman–Crippen MR) is 117 cm³/mol. The molecule has 2 rings (SSSR count). The van der Waals surface area contributed by atoms with Gasteiger partial charge in [0, 0.05) is 18.5 Å². The number of methoxy groups -OCH3 is 1. The maximum absolute atomic E-state index is 13.1. The monoisotopic (exact) mass is 451 g/mol. The molecule has 0 N–H and O–H groups in total. The van der Waals surface area contributed by atoms with E-state index in [2.05, 4.69) is 0 Å². The van der Waals surface area contributed by atoms with Crippen LogP contribution >= 0.6 is 0 Å². The first-order chi connectivity index (χ1) is 14.3. The number of rotatable bonds is 8. The third kappa shape index (κ3) is 6.69. The third-order valence-corrected chi connectivity index (χ3v) is 5.67. The summed E-state index contributed by atoms with van der Waals surface area (Å²) >= 11 is 0. The van der Waals surface area contributed by atoms with Crippen molar-refractivity contribution in [2.75, 3.05) is 13.7 Å². The number of carbonyl (C=O) groups is 1. The highest BCUT2D eigenvalue weighted by molar-refractivity contribution is 7.87. The molecule has 0 aliphatic rings. The molecule has 2 aromatic rings. The van der Waals surface area contributed by atoms with Crippen molar-refractivity contribution >= 4 is 16.0 Å². The Kier molecular flexibility index (Phi) is 7.70. The van der Waals surface area contributed by atoms with Crippen LogP contribution in [0.3, 0.4) is 0 Å². The van der Waals surface area contributed by atoms with E-state index >= 15 is 0 Å². The van der Waals surface area contributed by atoms with E-state index < -0.39 is 21.4 Å². The Hall–Kier alpha value is -2.61. The second-order valence-corrected chi connectivity index (χ2v) is 10.4. The van der Waals surface area contributed by atoms with Gasteiger partial charge in [0.2, 0.25) is 5.91 Å². The minimum Gasteiger partial charge on any atom is -0.493 e. The van der Waals surface area contributed by atoms with Crippen LogP contribution in [0.5, 0.6) is 11.5 Å². The van der Waals surface area contributed by atoms with Crippen molar-refractivity contribution in [3.05, 3.63) is 53.8 Å². The van der Waals surface area contributed by atoms with E-state index in [4.69, 9.17) is 8.92 Å². The molecule has 31 heavy (non-hydrogen) atoms. The van der Waals surface area contributed by atoms with Crippen molar-refractivity contribution in [1.29, 1.82) is 0 Å². The molecule has 0 aliphatic heterocycles. The highest BCUT2D eigenvalue weighted by atomic mass is 32.2. The van der Waals surface area contributed by atoms with Crippen LogP contribution in [0.2, 0.25) is 0 Å². The van der Waals surface area contributed by atoms with Gasteiger partial charge in [-0.15, -0.1) is 0 Å². The van der Waals surface area contributed by atoms with E-state index in [1.807, 2.05) is 34.6 Å². The summed E-state index contributed by atoms with van der Waals surface area (Å²) < 4.78 is 49.0. The zero-order valence-corrected chi connectivity index (χ0v) is 19.6. The minimum atomic E-state index is -4.19. The first-order valence-electron chi connectivity index (χ1n) is 10.00. The molecular weight excluding hydrogens is 421 g/mol. The van der Waals surface area contributed by atoms with Gasteiger partial charge in [0.05, 0.1) is 7.11 Å². The normalized spacial score (nSPS) is 12.0. The number of hydrogen-bond donors (Lipinski definition) is 0. The lowest BCUT2D eigenvalue weighted by molar-refractivity contribution is -0.140. The summed E-state index contributed by atoms with van der Waals surface area (Å²) in [7, 11) is -2.79. The fourth-order valence-corrected chi connectivity index (χ4v) is 3.94. The molecule has 0 aliphatic carbocycles. The Morgan fingerprint density at radius 3 is 2.19 bits per heavy atom. The average Bonchev–Trinajstić information content (AvgIpc) is 2.66. The molecule has 1 amide bonds. The van der Waals surface area contributed by atoms with Crippen molar-refractivity contribution in [3.8, 4) is 11.5 Å². The maximum Gasteiger partial charge on any atom is 0.339 e. The van der Waals surface area contributed by atoms with Crippen molar-refractivity contribution in [1.82, 2.24) is 4.90 Å². The van der Waals surface area contributed by atoms with Gasteiger partial charge >= 0.3 is 10.1 Å². The van der Waals surface area contributed by atoms with E-state index in [1.165, 1.54) is 7.11 Å². The van der Waals surface area contributed by atoms with Crippen LogP contribution in [0, 0.1) is 17.2 Å². The van der Waals surface area contributed by atoms with E-state index in [-0.39, 0.29) is 28.2 Å². The molecule has 0 saturated heterocycles. The topological polar surface area (TPSA) is 72.9 Å². The van der Waals surface area contributed by atoms with Gasteiger partial charge in [0.25, 0.3) is 0 Å². The summed E-state index contributed by atoms with van der Waals surface area (Å²) in [5, 5.41) is 0. The molecule has 0 bridgehead atoms. The molecule has 6 nitrogen and oxygen atoms in total. The van der Waals surface area contributed by atoms with Gasteiger partial charge in [-0.25, -0.2) is 4.39 Å². The number of hydrogen-bond acceptors (Lipinski definition) is 5. The van der Waals surface area contributed by atoms with Crippen molar-refractivity contribution < 1.29 is 26.5 Å². The summed E-state index contributed by atoms with van der Waals surface area (Å²) in [4.78, 5) is 14.5. The fourth-order valence-electron chi connectivity index (χ4n) is 3.01. The molecule has 0 aromatic heterocycles. The second-order valence-electron chi connectivity index (χ2n) is 8.81. The minimum absolute atomic E-state index is 0.00146. The summed E-state index contributed by atoms with van der Waals surface area (Å²) in [5.74, 6) is -0.0612. The van der Waals surface area contributed by atoms with E-state index in [9.17, 15) is 17.6 Å². The molecule has 0 fully saturated rings. The van der Waals surface area contributed by atoms with Crippen LogP contribution in [0.25, 0.3) is 0 Å². The third-order valence-electron chi connectivity index (χ3n) is 4.42. The standard InChI is InChI=1S/C23H30FNO5S/c1-16(2)14-25(22(26)23(3,4)5)15-17-7-12-20(29-6)21(13-17)30-31(27,28)19-10-8-18(24)9-11-19/h7-13,16H,14-15H2,1-6H3. The Bertz CT molecular complexity index is 1010. The Labute approximate surface area is 184 Å². The molecule has 0 spiro atoms. The molecular formula is C23H30FNO5S. The van der Waals surface area contributed by atoms with Gasteiger partial charge in [-0.3, -0.25) is 4.79 Å². The Morgan fingerprint density at radius 1 is 1.06 bits per heavy atom. The molecule has 0 radical (unpaired) electrons. The summed E-state index contributed by atoms with van der Waals surface area (Å²) in [5.41, 5.74) is 0.149. The number of benzene rings is 2. The fraction of sp³-hybridized carbons (Fsp3) is 0.435. The average molecular weight is 452 g/mol. The molecule has 170 valence electrons. The number of amides is 1. The van der Waals surface area contributed by atoms with E-state index in [1.54, 1.807) is 23.1 Å². The molecule has 8 heteroatoms. The highest BCUT2D eigenvalue weighted by Gasteiger charge is 2.28. The molecule has 0 atom stereocenters. The lowest BCUT2D eigenvalue weighted by atomic mass is 9.94. The highest BCUT2D eigenvalue weighted by Crippen LogP contribution is 2.32. The molecule has 0 unspecified atom stereocenters. The van der Waals surface area contributed by atoms with Gasteiger partial charge in [-0.05, 0) is 47.9 Å². The van der Waals surface area contributed by atoms with Crippen LogP contribution in [0.4, 0.5) is 4.39 Å². The van der Waals surface area contributed by atoms with Gasteiger partial charge in [0.15, 0.2) is 11.5 Å². The first-order valence-corrected chi connectivity index (χ1v) is 11.4. The SMILES string of the molecule is COc1ccc(CN(CC(C)C)C(=O)C(C)(C)C)cc1OS(=O)(=O)c1ccc(F)cc1. The van der Waals surface area contributed by atoms with Gasteiger partial charge in [-0.1, -0.05) is 40.7 Å². The smallest absolute Gasteiger partial charge is 0.339 e. The van der Waals surface area contributed by atoms with Gasteiger partial charge in [-0.2, -0.15) is 8.42 Å². The van der Waals surface area contributed by atoms with Crippen molar-refractivity contribution in [2.45, 2.75) is 46.1 Å². The maximum atomic E-state index is 13.1. The first kappa shape index (κ1) is 24.7. The predicted octanol–water partition coefficient (Wildman–Crippen LogP) is 4.63. The van der Waals surface area contributed by atoms with Gasteiger partial charge < -0.3 is 13.8 Å². The lowest BCUT2D eigenvalue weighted by Crippen LogP contribution is -2.41. The quantitative estimate of drug-likeness (QED) is 0.547. The Balaban J connectivity index is 2.36. The summed E-state index contributed by atoms with van der Waals surface area (Å²) in [6.07, 6.45) is 0. The summed E-state index contributed by atoms with van der Waals surface area (Å²) in [6, 6.07) is 9.26. The number of ether oxygens (including phenoxy) is 1. The lowest BCUT2D eigenvalue weighted by Gasteiger charge is -2.31. The van der Waals surface area contributed by atoms with E-state index in [0.29, 0.717) is 18.7 Å². The van der Waals surface area contributed by atoms with Crippen LogP contribution < -0.4 is 8.92 Å². The second kappa shape index (κ2) is 9.68. The van der Waals surface area contributed by atoms with Gasteiger partial charge in [0.1, 0.15) is 10.7 Å². The zero-order valence-electron chi connectivity index (χ0n) is 18.8. The number of halogens is 1.